The third-order valence-corrected chi connectivity index (χ3v) is 2.62. The average Bonchev–Trinajstić information content (AvgIpc) is 2.56. The maximum Gasteiger partial charge on any atom is 0.417 e. The number of nitrogens with zero attached hydrogens (tertiary/aromatic N) is 2. The summed E-state index contributed by atoms with van der Waals surface area (Å²) in [5.41, 5.74) is -0.779. The van der Waals surface area contributed by atoms with Crippen molar-refractivity contribution >= 4 is 12.0 Å². The predicted molar refractivity (Wildman–Crippen MR) is 64.0 cm³/mol. The molecule has 0 radical (unpaired) electrons. The van der Waals surface area contributed by atoms with Crippen LogP contribution in [0.2, 0.25) is 0 Å². The van der Waals surface area contributed by atoms with Gasteiger partial charge in [-0.3, -0.25) is 14.9 Å². The van der Waals surface area contributed by atoms with Gasteiger partial charge >= 0.3 is 6.09 Å². The Bertz CT molecular complexity index is 389. The van der Waals surface area contributed by atoms with E-state index < -0.39 is 41.2 Å². The molecule has 1 aliphatic rings. The van der Waals surface area contributed by atoms with E-state index in [2.05, 4.69) is 0 Å². The standard InChI is InChI=1S/C11H18N2O6/c1-11(2,3)19-10(16)13-7(4-5-9(13)15)8(14)6-12(17)18/h7-8,14H,4-6H2,1-3H3/t7-,8?/m0/s1. The molecule has 1 aliphatic heterocycles. The highest BCUT2D eigenvalue weighted by molar-refractivity contribution is 5.94. The van der Waals surface area contributed by atoms with E-state index in [9.17, 15) is 24.8 Å². The molecular formula is C11H18N2O6. The molecule has 0 saturated carbocycles. The van der Waals surface area contributed by atoms with Crippen LogP contribution in [0.5, 0.6) is 0 Å². The number of carbonyl (C=O) groups excluding carboxylic acids is 2. The van der Waals surface area contributed by atoms with Crippen LogP contribution in [-0.4, -0.2) is 51.2 Å². The van der Waals surface area contributed by atoms with Gasteiger partial charge in [-0.2, -0.15) is 0 Å². The summed E-state index contributed by atoms with van der Waals surface area (Å²) in [6, 6.07) is -0.896. The second kappa shape index (κ2) is 5.52. The fourth-order valence-electron chi connectivity index (χ4n) is 1.89. The molecule has 2 atom stereocenters. The zero-order valence-electron chi connectivity index (χ0n) is 11.2. The molecule has 0 bridgehead atoms. The summed E-state index contributed by atoms with van der Waals surface area (Å²) >= 11 is 0. The summed E-state index contributed by atoms with van der Waals surface area (Å²) in [6.45, 7) is 4.23. The Kier molecular flexibility index (Phi) is 4.46. The summed E-state index contributed by atoms with van der Waals surface area (Å²) in [5, 5.41) is 20.1. The van der Waals surface area contributed by atoms with Crippen LogP contribution in [0, 0.1) is 10.1 Å². The van der Waals surface area contributed by atoms with Crippen molar-refractivity contribution in [3.8, 4) is 0 Å². The first-order valence-corrected chi connectivity index (χ1v) is 5.96. The number of aliphatic hydroxyl groups excluding tert-OH is 1. The third-order valence-electron chi connectivity index (χ3n) is 2.62. The van der Waals surface area contributed by atoms with Crippen molar-refractivity contribution in [2.75, 3.05) is 6.54 Å². The van der Waals surface area contributed by atoms with E-state index in [1.165, 1.54) is 0 Å². The molecule has 0 aromatic rings. The van der Waals surface area contributed by atoms with Crippen LogP contribution in [0.25, 0.3) is 0 Å². The molecule has 1 fully saturated rings. The molecule has 0 aliphatic carbocycles. The number of hydrogen-bond donors (Lipinski definition) is 1. The Balaban J connectivity index is 2.80. The third kappa shape index (κ3) is 4.16. The Morgan fingerprint density at radius 1 is 1.63 bits per heavy atom. The molecule has 1 saturated heterocycles. The fraction of sp³-hybridized carbons (Fsp3) is 0.818. The maximum absolute atomic E-state index is 11.9. The molecule has 0 aromatic heterocycles. The zero-order valence-corrected chi connectivity index (χ0v) is 11.2. The number of imide groups is 1. The van der Waals surface area contributed by atoms with Gasteiger partial charge in [-0.05, 0) is 27.2 Å². The van der Waals surface area contributed by atoms with Crippen LogP contribution in [0.3, 0.4) is 0 Å². The summed E-state index contributed by atoms with van der Waals surface area (Å²) in [7, 11) is 0. The molecule has 19 heavy (non-hydrogen) atoms. The average molecular weight is 274 g/mol. The fourth-order valence-corrected chi connectivity index (χ4v) is 1.89. The first kappa shape index (κ1) is 15.4. The summed E-state index contributed by atoms with van der Waals surface area (Å²) < 4.78 is 5.06. The van der Waals surface area contributed by atoms with Crippen molar-refractivity contribution < 1.29 is 24.4 Å². The number of aliphatic hydroxyl groups is 1. The van der Waals surface area contributed by atoms with E-state index in [-0.39, 0.29) is 12.8 Å². The molecule has 2 amide bonds. The number of amides is 2. The van der Waals surface area contributed by atoms with Crippen LogP contribution >= 0.6 is 0 Å². The van der Waals surface area contributed by atoms with Gasteiger partial charge in [-0.1, -0.05) is 0 Å². The van der Waals surface area contributed by atoms with Crippen molar-refractivity contribution in [1.82, 2.24) is 4.90 Å². The highest BCUT2D eigenvalue weighted by atomic mass is 16.6. The van der Waals surface area contributed by atoms with Crippen molar-refractivity contribution in [1.29, 1.82) is 0 Å². The second-order valence-corrected chi connectivity index (χ2v) is 5.43. The predicted octanol–water partition coefficient (Wildman–Crippen LogP) is 0.550. The molecule has 1 heterocycles. The van der Waals surface area contributed by atoms with Gasteiger partial charge in [0.15, 0.2) is 0 Å². The first-order chi connectivity index (χ1) is 8.61. The van der Waals surface area contributed by atoms with Gasteiger partial charge in [0.05, 0.1) is 6.04 Å². The summed E-state index contributed by atoms with van der Waals surface area (Å²) in [5.74, 6) is -0.485. The van der Waals surface area contributed by atoms with Crippen molar-refractivity contribution in [3.05, 3.63) is 10.1 Å². The van der Waals surface area contributed by atoms with Gasteiger partial charge in [-0.15, -0.1) is 0 Å². The van der Waals surface area contributed by atoms with Crippen LogP contribution in [0.1, 0.15) is 33.6 Å². The van der Waals surface area contributed by atoms with E-state index in [1.807, 2.05) is 0 Å². The quantitative estimate of drug-likeness (QED) is 0.594. The lowest BCUT2D eigenvalue weighted by Gasteiger charge is -2.28. The van der Waals surface area contributed by atoms with E-state index in [4.69, 9.17) is 4.74 Å². The van der Waals surface area contributed by atoms with E-state index in [0.717, 1.165) is 4.90 Å². The normalized spacial score (nSPS) is 21.4. The van der Waals surface area contributed by atoms with Gasteiger partial charge in [0, 0.05) is 11.3 Å². The Hall–Kier alpha value is -1.70. The molecule has 108 valence electrons. The topological polar surface area (TPSA) is 110 Å². The van der Waals surface area contributed by atoms with E-state index in [1.54, 1.807) is 20.8 Å². The Morgan fingerprint density at radius 2 is 2.21 bits per heavy atom. The molecule has 8 nitrogen and oxygen atoms in total. The molecule has 1 N–H and O–H groups in total. The molecule has 0 aromatic carbocycles. The number of carbonyl (C=O) groups is 2. The lowest BCUT2D eigenvalue weighted by Crippen LogP contribution is -2.48. The highest BCUT2D eigenvalue weighted by Gasteiger charge is 2.43. The SMILES string of the molecule is CC(C)(C)OC(=O)N1C(=O)CC[C@H]1C(O)C[N+](=O)[O-]. The molecule has 1 rings (SSSR count). The largest absolute Gasteiger partial charge is 0.443 e. The molecular weight excluding hydrogens is 256 g/mol. The number of ether oxygens (including phenoxy) is 1. The first-order valence-electron chi connectivity index (χ1n) is 5.96. The lowest BCUT2D eigenvalue weighted by molar-refractivity contribution is -0.491. The van der Waals surface area contributed by atoms with Crippen molar-refractivity contribution in [2.45, 2.75) is 51.4 Å². The van der Waals surface area contributed by atoms with Crippen molar-refractivity contribution in [2.24, 2.45) is 0 Å². The second-order valence-electron chi connectivity index (χ2n) is 5.43. The minimum atomic E-state index is -1.38. The van der Waals surface area contributed by atoms with Crippen LogP contribution in [0.4, 0.5) is 4.79 Å². The zero-order chi connectivity index (χ0) is 14.8. The number of rotatable bonds is 3. The number of hydrogen-bond acceptors (Lipinski definition) is 6. The molecule has 8 heteroatoms. The minimum absolute atomic E-state index is 0.0681. The Labute approximate surface area is 110 Å². The lowest BCUT2D eigenvalue weighted by atomic mass is 10.1. The number of nitro groups is 1. The molecule has 0 spiro atoms. The Morgan fingerprint density at radius 3 is 2.68 bits per heavy atom. The minimum Gasteiger partial charge on any atom is -0.443 e. The maximum atomic E-state index is 11.9. The smallest absolute Gasteiger partial charge is 0.417 e. The van der Waals surface area contributed by atoms with Gasteiger partial charge in [0.25, 0.3) is 0 Å². The van der Waals surface area contributed by atoms with Crippen LogP contribution in [0.15, 0.2) is 0 Å². The van der Waals surface area contributed by atoms with Gasteiger partial charge in [-0.25, -0.2) is 9.69 Å². The summed E-state index contributed by atoms with van der Waals surface area (Å²) in [4.78, 5) is 34.0. The van der Waals surface area contributed by atoms with Gasteiger partial charge < -0.3 is 9.84 Å². The van der Waals surface area contributed by atoms with E-state index >= 15 is 0 Å². The van der Waals surface area contributed by atoms with Gasteiger partial charge in [0.2, 0.25) is 12.5 Å². The van der Waals surface area contributed by atoms with Gasteiger partial charge in [0.1, 0.15) is 11.7 Å². The number of likely N-dealkylation sites (tertiary alicyclic amines) is 1. The van der Waals surface area contributed by atoms with Crippen LogP contribution < -0.4 is 0 Å². The van der Waals surface area contributed by atoms with Crippen LogP contribution in [-0.2, 0) is 9.53 Å². The summed E-state index contributed by atoms with van der Waals surface area (Å²) in [6.07, 6.45) is -1.98. The highest BCUT2D eigenvalue weighted by Crippen LogP contribution is 2.24. The van der Waals surface area contributed by atoms with E-state index in [0.29, 0.717) is 0 Å². The molecule has 1 unspecified atom stereocenters. The monoisotopic (exact) mass is 274 g/mol. The van der Waals surface area contributed by atoms with Crippen molar-refractivity contribution in [3.63, 3.8) is 0 Å².